The van der Waals surface area contributed by atoms with Gasteiger partial charge in [0.25, 0.3) is 5.91 Å². The van der Waals surface area contributed by atoms with Gasteiger partial charge in [-0.05, 0) is 17.9 Å². The Morgan fingerprint density at radius 1 is 1.21 bits per heavy atom. The summed E-state index contributed by atoms with van der Waals surface area (Å²) in [6.45, 7) is 4.51. The molecule has 0 aliphatic carbocycles. The number of hydrogen-bond donors (Lipinski definition) is 1. The maximum absolute atomic E-state index is 12.1. The Balaban J connectivity index is 1.88. The van der Waals surface area contributed by atoms with Crippen molar-refractivity contribution < 1.29 is 23.8 Å². The van der Waals surface area contributed by atoms with Crippen molar-refractivity contribution in [1.82, 2.24) is 5.32 Å². The van der Waals surface area contributed by atoms with Crippen LogP contribution in [0.15, 0.2) is 42.4 Å². The molecule has 2 rings (SSSR count). The number of hydrogen-bond acceptors (Lipinski definition) is 5. The molecule has 0 bridgehead atoms. The molecular weight excluding hydrogens is 310 g/mol. The highest BCUT2D eigenvalue weighted by molar-refractivity contribution is 5.88. The van der Waals surface area contributed by atoms with Crippen LogP contribution < -0.4 is 5.32 Å². The third kappa shape index (κ3) is 5.61. The Labute approximate surface area is 141 Å². The van der Waals surface area contributed by atoms with Crippen molar-refractivity contribution in [2.45, 2.75) is 26.3 Å². The monoisotopic (exact) mass is 333 g/mol. The summed E-state index contributed by atoms with van der Waals surface area (Å²) in [7, 11) is 0. The molecule has 0 saturated heterocycles. The first-order valence-corrected chi connectivity index (χ1v) is 8.02. The van der Waals surface area contributed by atoms with Gasteiger partial charge in [-0.25, -0.2) is 4.79 Å². The highest BCUT2D eigenvalue weighted by atomic mass is 16.6. The molecule has 0 unspecified atom stereocenters. The van der Waals surface area contributed by atoms with E-state index < -0.39 is 5.97 Å². The summed E-state index contributed by atoms with van der Waals surface area (Å²) in [4.78, 5) is 23.9. The van der Waals surface area contributed by atoms with E-state index in [-0.39, 0.29) is 30.9 Å². The average Bonchev–Trinajstić information content (AvgIpc) is 2.60. The predicted octanol–water partition coefficient (Wildman–Crippen LogP) is 2.32. The molecule has 1 heterocycles. The normalized spacial score (nSPS) is 14.9. The maximum Gasteiger partial charge on any atom is 0.377 e. The first-order chi connectivity index (χ1) is 11.6. The van der Waals surface area contributed by atoms with Gasteiger partial charge >= 0.3 is 5.97 Å². The first-order valence-electron chi connectivity index (χ1n) is 8.02. The van der Waals surface area contributed by atoms with E-state index in [0.29, 0.717) is 12.5 Å². The van der Waals surface area contributed by atoms with Gasteiger partial charge in [0.1, 0.15) is 19.5 Å². The fraction of sp³-hybridized carbons (Fsp3) is 0.444. The first kappa shape index (κ1) is 17.8. The number of benzene rings is 1. The van der Waals surface area contributed by atoms with E-state index in [0.717, 1.165) is 12.0 Å². The van der Waals surface area contributed by atoms with Crippen LogP contribution in [0.2, 0.25) is 0 Å². The molecule has 130 valence electrons. The van der Waals surface area contributed by atoms with Crippen molar-refractivity contribution in [2.75, 3.05) is 19.8 Å². The molecule has 0 spiro atoms. The van der Waals surface area contributed by atoms with Gasteiger partial charge in [-0.15, -0.1) is 0 Å². The van der Waals surface area contributed by atoms with Gasteiger partial charge in [0.05, 0.1) is 6.04 Å². The van der Waals surface area contributed by atoms with Gasteiger partial charge in [-0.1, -0.05) is 44.2 Å². The van der Waals surface area contributed by atoms with Gasteiger partial charge in [-0.3, -0.25) is 4.79 Å². The molecule has 1 aromatic carbocycles. The van der Waals surface area contributed by atoms with Crippen LogP contribution in [-0.4, -0.2) is 31.7 Å². The van der Waals surface area contributed by atoms with E-state index in [2.05, 4.69) is 19.2 Å². The molecule has 6 heteroatoms. The molecule has 1 amide bonds. The standard InChI is InChI=1S/C18H23NO5/c1-13(2)10-15(14-6-4-3-5-7-14)19-17(20)12-24-18(21)16-11-22-8-9-23-16/h3-7,11,13,15H,8-10,12H2,1-2H3,(H,19,20)/t15-/m1/s1. The highest BCUT2D eigenvalue weighted by Gasteiger charge is 2.20. The van der Waals surface area contributed by atoms with Crippen molar-refractivity contribution in [1.29, 1.82) is 0 Å². The Hall–Kier alpha value is -2.50. The van der Waals surface area contributed by atoms with Crippen LogP contribution in [0.25, 0.3) is 0 Å². The summed E-state index contributed by atoms with van der Waals surface area (Å²) >= 11 is 0. The molecule has 24 heavy (non-hydrogen) atoms. The lowest BCUT2D eigenvalue weighted by Gasteiger charge is -2.21. The second-order valence-electron chi connectivity index (χ2n) is 5.94. The largest absolute Gasteiger partial charge is 0.493 e. The molecule has 1 aliphatic rings. The number of ether oxygens (including phenoxy) is 3. The molecule has 0 fully saturated rings. The molecule has 0 saturated carbocycles. The number of esters is 1. The smallest absolute Gasteiger partial charge is 0.377 e. The van der Waals surface area contributed by atoms with Crippen molar-refractivity contribution in [3.05, 3.63) is 47.9 Å². The second kappa shape index (κ2) is 8.96. The second-order valence-corrected chi connectivity index (χ2v) is 5.94. The molecule has 6 nitrogen and oxygen atoms in total. The van der Waals surface area contributed by atoms with E-state index in [4.69, 9.17) is 14.2 Å². The van der Waals surface area contributed by atoms with Crippen molar-refractivity contribution in [3.63, 3.8) is 0 Å². The third-order valence-electron chi connectivity index (χ3n) is 3.43. The molecule has 1 aromatic rings. The van der Waals surface area contributed by atoms with E-state index in [1.165, 1.54) is 6.26 Å². The summed E-state index contributed by atoms with van der Waals surface area (Å²) in [5.74, 6) is -0.660. The van der Waals surface area contributed by atoms with Crippen molar-refractivity contribution >= 4 is 11.9 Å². The number of amides is 1. The zero-order valence-electron chi connectivity index (χ0n) is 14.0. The number of nitrogens with one attached hydrogen (secondary N) is 1. The topological polar surface area (TPSA) is 73.9 Å². The molecular formula is C18H23NO5. The molecule has 1 N–H and O–H groups in total. The number of carbonyl (C=O) groups is 2. The van der Waals surface area contributed by atoms with Gasteiger partial charge in [0, 0.05) is 0 Å². The van der Waals surface area contributed by atoms with Crippen LogP contribution in [-0.2, 0) is 23.8 Å². The fourth-order valence-corrected chi connectivity index (χ4v) is 2.35. The highest BCUT2D eigenvalue weighted by Crippen LogP contribution is 2.21. The van der Waals surface area contributed by atoms with Gasteiger partial charge in [0.15, 0.2) is 6.61 Å². The Morgan fingerprint density at radius 3 is 2.58 bits per heavy atom. The predicted molar refractivity (Wildman–Crippen MR) is 87.7 cm³/mol. The molecule has 1 atom stereocenters. The van der Waals surface area contributed by atoms with E-state index in [9.17, 15) is 9.59 Å². The van der Waals surface area contributed by atoms with E-state index in [1.807, 2.05) is 30.3 Å². The fourth-order valence-electron chi connectivity index (χ4n) is 2.35. The average molecular weight is 333 g/mol. The minimum Gasteiger partial charge on any atom is -0.493 e. The van der Waals surface area contributed by atoms with E-state index in [1.54, 1.807) is 0 Å². The van der Waals surface area contributed by atoms with Crippen LogP contribution >= 0.6 is 0 Å². The minimum absolute atomic E-state index is 0.0177. The summed E-state index contributed by atoms with van der Waals surface area (Å²) in [6.07, 6.45) is 2.00. The molecule has 1 aliphatic heterocycles. The summed E-state index contributed by atoms with van der Waals surface area (Å²) < 4.78 is 15.1. The van der Waals surface area contributed by atoms with Gasteiger partial charge in [0.2, 0.25) is 5.76 Å². The molecule has 0 radical (unpaired) electrons. The third-order valence-corrected chi connectivity index (χ3v) is 3.43. The maximum atomic E-state index is 12.1. The van der Waals surface area contributed by atoms with Crippen LogP contribution in [0, 0.1) is 5.92 Å². The number of carbonyl (C=O) groups excluding carboxylic acids is 2. The van der Waals surface area contributed by atoms with Crippen molar-refractivity contribution in [2.24, 2.45) is 5.92 Å². The minimum atomic E-state index is -0.704. The van der Waals surface area contributed by atoms with Crippen LogP contribution in [0.1, 0.15) is 31.9 Å². The number of rotatable bonds is 7. The Kier molecular flexibility index (Phi) is 6.66. The van der Waals surface area contributed by atoms with Crippen LogP contribution in [0.3, 0.4) is 0 Å². The zero-order chi connectivity index (χ0) is 17.4. The summed E-state index contributed by atoms with van der Waals surface area (Å²) in [5.41, 5.74) is 1.03. The van der Waals surface area contributed by atoms with Crippen molar-refractivity contribution in [3.8, 4) is 0 Å². The summed E-state index contributed by atoms with van der Waals surface area (Å²) in [6, 6.07) is 9.61. The molecule has 0 aromatic heterocycles. The lowest BCUT2D eigenvalue weighted by atomic mass is 9.97. The van der Waals surface area contributed by atoms with Crippen LogP contribution in [0.5, 0.6) is 0 Å². The van der Waals surface area contributed by atoms with Gasteiger partial charge < -0.3 is 19.5 Å². The lowest BCUT2D eigenvalue weighted by Crippen LogP contribution is -2.33. The van der Waals surface area contributed by atoms with Gasteiger partial charge in [-0.2, -0.15) is 0 Å². The summed E-state index contributed by atoms with van der Waals surface area (Å²) in [5, 5.41) is 2.92. The Morgan fingerprint density at radius 2 is 1.96 bits per heavy atom. The quantitative estimate of drug-likeness (QED) is 0.775. The van der Waals surface area contributed by atoms with E-state index >= 15 is 0 Å². The lowest BCUT2D eigenvalue weighted by molar-refractivity contribution is -0.149. The van der Waals surface area contributed by atoms with Crippen LogP contribution in [0.4, 0.5) is 0 Å². The zero-order valence-corrected chi connectivity index (χ0v) is 14.0. The SMILES string of the molecule is CC(C)C[C@@H](NC(=O)COC(=O)C1=COCCO1)c1ccccc1. The Bertz CT molecular complexity index is 582.